The van der Waals surface area contributed by atoms with E-state index in [0.29, 0.717) is 11.8 Å². The Balaban J connectivity index is 2.13. The van der Waals surface area contributed by atoms with Crippen LogP contribution in [-0.4, -0.2) is 10.9 Å². The third kappa shape index (κ3) is 3.30. The van der Waals surface area contributed by atoms with Crippen molar-refractivity contribution in [3.05, 3.63) is 51.5 Å². The Morgan fingerprint density at radius 3 is 2.47 bits per heavy atom. The summed E-state index contributed by atoms with van der Waals surface area (Å²) in [6.45, 7) is 4.13. The van der Waals surface area contributed by atoms with E-state index >= 15 is 0 Å². The van der Waals surface area contributed by atoms with Gasteiger partial charge in [-0.1, -0.05) is 29.8 Å². The molecule has 0 aliphatic heterocycles. The lowest BCUT2D eigenvalue weighted by atomic mass is 9.97. The highest BCUT2D eigenvalue weighted by atomic mass is 35.5. The average Bonchev–Trinajstić information content (AvgIpc) is 2.73. The normalized spacial score (nSPS) is 12.6. The van der Waals surface area contributed by atoms with Crippen LogP contribution in [0.2, 0.25) is 0 Å². The topological polar surface area (TPSA) is 12.9 Å². The van der Waals surface area contributed by atoms with Crippen molar-refractivity contribution >= 4 is 22.9 Å². The molecule has 0 amide bonds. The van der Waals surface area contributed by atoms with Gasteiger partial charge in [-0.15, -0.1) is 22.9 Å². The van der Waals surface area contributed by atoms with Gasteiger partial charge in [0.1, 0.15) is 0 Å². The summed E-state index contributed by atoms with van der Waals surface area (Å²) >= 11 is 7.80. The van der Waals surface area contributed by atoms with Crippen LogP contribution in [0.3, 0.4) is 0 Å². The van der Waals surface area contributed by atoms with Crippen molar-refractivity contribution < 1.29 is 0 Å². The summed E-state index contributed by atoms with van der Waals surface area (Å²) in [7, 11) is 0. The minimum absolute atomic E-state index is 0.364. The Kier molecular flexibility index (Phi) is 4.19. The van der Waals surface area contributed by atoms with E-state index in [0.717, 1.165) is 12.1 Å². The fraction of sp³-hybridized carbons (Fsp3) is 0.357. The third-order valence-electron chi connectivity index (χ3n) is 2.82. The number of rotatable bonds is 4. The van der Waals surface area contributed by atoms with Gasteiger partial charge in [-0.25, -0.2) is 4.98 Å². The van der Waals surface area contributed by atoms with Gasteiger partial charge in [-0.2, -0.15) is 0 Å². The van der Waals surface area contributed by atoms with Crippen LogP contribution in [0, 0.1) is 13.8 Å². The van der Waals surface area contributed by atoms with Crippen LogP contribution in [0.1, 0.15) is 27.7 Å². The predicted molar refractivity (Wildman–Crippen MR) is 75.2 cm³/mol. The Bertz CT molecular complexity index is 475. The van der Waals surface area contributed by atoms with Crippen LogP contribution in [0.15, 0.2) is 29.6 Å². The van der Waals surface area contributed by atoms with Crippen LogP contribution in [0.4, 0.5) is 0 Å². The number of thiazole rings is 1. The number of aromatic nitrogens is 1. The van der Waals surface area contributed by atoms with Gasteiger partial charge < -0.3 is 0 Å². The molecule has 1 aromatic carbocycles. The van der Waals surface area contributed by atoms with E-state index in [1.807, 2.05) is 6.92 Å². The van der Waals surface area contributed by atoms with Crippen molar-refractivity contribution in [3.8, 4) is 0 Å². The maximum atomic E-state index is 6.08. The molecule has 0 saturated heterocycles. The van der Waals surface area contributed by atoms with Crippen molar-refractivity contribution in [1.82, 2.24) is 4.98 Å². The van der Waals surface area contributed by atoms with Gasteiger partial charge in [0.25, 0.3) is 0 Å². The molecule has 3 heteroatoms. The standard InChI is InChI=1S/C14H16ClNS/c1-10-3-5-12(6-4-10)13(8-15)7-14-16-11(2)9-17-14/h3-6,9,13H,7-8H2,1-2H3. The highest BCUT2D eigenvalue weighted by Gasteiger charge is 2.13. The second-order valence-electron chi connectivity index (χ2n) is 4.35. The van der Waals surface area contributed by atoms with Gasteiger partial charge in [0.15, 0.2) is 0 Å². The molecule has 1 aromatic heterocycles. The summed E-state index contributed by atoms with van der Waals surface area (Å²) in [5, 5.41) is 3.27. The van der Waals surface area contributed by atoms with Gasteiger partial charge in [-0.3, -0.25) is 0 Å². The first-order chi connectivity index (χ1) is 8.19. The minimum Gasteiger partial charge on any atom is -0.247 e. The van der Waals surface area contributed by atoms with Gasteiger partial charge in [0.2, 0.25) is 0 Å². The maximum absolute atomic E-state index is 6.08. The van der Waals surface area contributed by atoms with Crippen LogP contribution >= 0.6 is 22.9 Å². The van der Waals surface area contributed by atoms with Crippen LogP contribution in [0.5, 0.6) is 0 Å². The van der Waals surface area contributed by atoms with Gasteiger partial charge >= 0.3 is 0 Å². The largest absolute Gasteiger partial charge is 0.247 e. The smallest absolute Gasteiger partial charge is 0.0934 e. The van der Waals surface area contributed by atoms with E-state index in [2.05, 4.69) is 41.6 Å². The molecule has 1 nitrogen and oxygen atoms in total. The van der Waals surface area contributed by atoms with E-state index in [1.54, 1.807) is 11.3 Å². The summed E-state index contributed by atoms with van der Waals surface area (Å²) < 4.78 is 0. The van der Waals surface area contributed by atoms with Crippen molar-refractivity contribution in [2.75, 3.05) is 5.88 Å². The summed E-state index contributed by atoms with van der Waals surface area (Å²) in [6.07, 6.45) is 0.936. The first-order valence-corrected chi connectivity index (χ1v) is 7.14. The number of hydrogen-bond acceptors (Lipinski definition) is 2. The number of halogens is 1. The fourth-order valence-corrected chi connectivity index (χ4v) is 2.95. The zero-order chi connectivity index (χ0) is 12.3. The lowest BCUT2D eigenvalue weighted by molar-refractivity contribution is 0.759. The average molecular weight is 266 g/mol. The molecule has 0 N–H and O–H groups in total. The van der Waals surface area contributed by atoms with Crippen LogP contribution < -0.4 is 0 Å². The quantitative estimate of drug-likeness (QED) is 0.750. The Labute approximate surface area is 111 Å². The van der Waals surface area contributed by atoms with E-state index in [1.165, 1.54) is 16.1 Å². The molecular weight excluding hydrogens is 250 g/mol. The molecule has 0 bridgehead atoms. The Morgan fingerprint density at radius 2 is 1.94 bits per heavy atom. The van der Waals surface area contributed by atoms with E-state index in [4.69, 9.17) is 11.6 Å². The molecule has 0 aliphatic rings. The summed E-state index contributed by atoms with van der Waals surface area (Å²) in [6, 6.07) is 8.62. The molecule has 1 unspecified atom stereocenters. The molecule has 0 spiro atoms. The van der Waals surface area contributed by atoms with Crippen molar-refractivity contribution in [2.45, 2.75) is 26.2 Å². The SMILES string of the molecule is Cc1ccc(C(CCl)Cc2nc(C)cs2)cc1. The molecule has 0 fully saturated rings. The molecule has 17 heavy (non-hydrogen) atoms. The highest BCUT2D eigenvalue weighted by Crippen LogP contribution is 2.24. The molecule has 0 aliphatic carbocycles. The van der Waals surface area contributed by atoms with E-state index in [9.17, 15) is 0 Å². The van der Waals surface area contributed by atoms with E-state index in [-0.39, 0.29) is 0 Å². The molecule has 90 valence electrons. The highest BCUT2D eigenvalue weighted by molar-refractivity contribution is 7.09. The summed E-state index contributed by atoms with van der Waals surface area (Å²) in [4.78, 5) is 4.50. The van der Waals surface area contributed by atoms with Gasteiger partial charge in [0.05, 0.1) is 5.01 Å². The molecule has 2 rings (SSSR count). The molecule has 0 saturated carbocycles. The van der Waals surface area contributed by atoms with E-state index < -0.39 is 0 Å². The monoisotopic (exact) mass is 265 g/mol. The lowest BCUT2D eigenvalue weighted by Gasteiger charge is -2.12. The second-order valence-corrected chi connectivity index (χ2v) is 5.60. The second kappa shape index (κ2) is 5.65. The van der Waals surface area contributed by atoms with Gasteiger partial charge in [-0.05, 0) is 19.4 Å². The van der Waals surface area contributed by atoms with Crippen LogP contribution in [0.25, 0.3) is 0 Å². The molecular formula is C14H16ClNS. The summed E-state index contributed by atoms with van der Waals surface area (Å²) in [5.41, 5.74) is 3.69. The first-order valence-electron chi connectivity index (χ1n) is 5.72. The maximum Gasteiger partial charge on any atom is 0.0934 e. The Morgan fingerprint density at radius 1 is 1.24 bits per heavy atom. The lowest BCUT2D eigenvalue weighted by Crippen LogP contribution is -2.04. The Hall–Kier alpha value is -0.860. The third-order valence-corrected chi connectivity index (χ3v) is 4.18. The minimum atomic E-state index is 0.364. The number of aryl methyl sites for hydroxylation is 2. The predicted octanol–water partition coefficient (Wildman–Crippen LogP) is 4.33. The van der Waals surface area contributed by atoms with Crippen molar-refractivity contribution in [2.24, 2.45) is 0 Å². The molecule has 1 heterocycles. The summed E-state index contributed by atoms with van der Waals surface area (Å²) in [5.74, 6) is 1.00. The molecule has 1 atom stereocenters. The van der Waals surface area contributed by atoms with Crippen molar-refractivity contribution in [3.63, 3.8) is 0 Å². The van der Waals surface area contributed by atoms with Crippen molar-refractivity contribution in [1.29, 1.82) is 0 Å². The first kappa shape index (κ1) is 12.6. The number of alkyl halides is 1. The number of hydrogen-bond donors (Lipinski definition) is 0. The zero-order valence-electron chi connectivity index (χ0n) is 10.1. The zero-order valence-corrected chi connectivity index (χ0v) is 11.7. The molecule has 0 radical (unpaired) electrons. The molecule has 2 aromatic rings. The fourth-order valence-electron chi connectivity index (χ4n) is 1.81. The number of nitrogens with zero attached hydrogens (tertiary/aromatic N) is 1. The number of benzene rings is 1. The van der Waals surface area contributed by atoms with Crippen LogP contribution in [-0.2, 0) is 6.42 Å². The van der Waals surface area contributed by atoms with Gasteiger partial charge in [0, 0.05) is 29.3 Å².